The molecule has 2 fully saturated rings. The van der Waals surface area contributed by atoms with Crippen molar-refractivity contribution in [3.8, 4) is 0 Å². The predicted octanol–water partition coefficient (Wildman–Crippen LogP) is 3.01. The molecule has 1 aromatic rings. The van der Waals surface area contributed by atoms with E-state index in [-0.39, 0.29) is 0 Å². The van der Waals surface area contributed by atoms with Crippen LogP contribution in [0.4, 0.5) is 0 Å². The van der Waals surface area contributed by atoms with Gasteiger partial charge in [-0.05, 0) is 57.3 Å². The number of hydrogen-bond donors (Lipinski definition) is 0. The van der Waals surface area contributed by atoms with Gasteiger partial charge in [0.05, 0.1) is 6.61 Å². The smallest absolute Gasteiger partial charge is 0.0506 e. The van der Waals surface area contributed by atoms with E-state index < -0.39 is 0 Å². The van der Waals surface area contributed by atoms with Crippen molar-refractivity contribution in [2.75, 3.05) is 39.9 Å². The van der Waals surface area contributed by atoms with Gasteiger partial charge in [-0.25, -0.2) is 0 Å². The number of benzene rings is 1. The lowest BCUT2D eigenvalue weighted by molar-refractivity contribution is 0.0289. The molecule has 3 rings (SSSR count). The molecule has 1 aromatic carbocycles. The van der Waals surface area contributed by atoms with E-state index in [0.29, 0.717) is 0 Å². The molecule has 0 saturated carbocycles. The molecule has 3 heteroatoms. The highest BCUT2D eigenvalue weighted by Gasteiger charge is 2.25. The molecule has 0 bridgehead atoms. The molecule has 0 radical (unpaired) electrons. The first-order valence-corrected chi connectivity index (χ1v) is 8.85. The number of ether oxygens (including phenoxy) is 1. The SMILES string of the molecule is CN(CC1CCCOC1)C1CCN(Cc2ccccc2)CC1. The van der Waals surface area contributed by atoms with Crippen LogP contribution in [0.1, 0.15) is 31.2 Å². The number of rotatable bonds is 5. The van der Waals surface area contributed by atoms with Crippen LogP contribution in [-0.2, 0) is 11.3 Å². The van der Waals surface area contributed by atoms with Crippen LogP contribution in [0.5, 0.6) is 0 Å². The van der Waals surface area contributed by atoms with Gasteiger partial charge < -0.3 is 9.64 Å². The van der Waals surface area contributed by atoms with Crippen LogP contribution in [0.25, 0.3) is 0 Å². The summed E-state index contributed by atoms with van der Waals surface area (Å²) in [5.74, 6) is 0.751. The van der Waals surface area contributed by atoms with Crippen molar-refractivity contribution in [1.29, 1.82) is 0 Å². The summed E-state index contributed by atoms with van der Waals surface area (Å²) in [6, 6.07) is 11.6. The Labute approximate surface area is 135 Å². The van der Waals surface area contributed by atoms with Crippen LogP contribution in [0.2, 0.25) is 0 Å². The lowest BCUT2D eigenvalue weighted by Gasteiger charge is -2.38. The van der Waals surface area contributed by atoms with E-state index in [0.717, 1.165) is 31.7 Å². The third-order valence-electron chi connectivity index (χ3n) is 5.23. The molecular formula is C19H30N2O. The Bertz CT molecular complexity index is 422. The Morgan fingerprint density at radius 2 is 1.91 bits per heavy atom. The zero-order valence-electron chi connectivity index (χ0n) is 13.9. The van der Waals surface area contributed by atoms with Gasteiger partial charge >= 0.3 is 0 Å². The summed E-state index contributed by atoms with van der Waals surface area (Å²) in [6.07, 6.45) is 5.19. The van der Waals surface area contributed by atoms with Crippen molar-refractivity contribution in [3.63, 3.8) is 0 Å². The molecule has 0 amide bonds. The Morgan fingerprint density at radius 3 is 2.59 bits per heavy atom. The van der Waals surface area contributed by atoms with Gasteiger partial charge in [0.2, 0.25) is 0 Å². The van der Waals surface area contributed by atoms with Gasteiger partial charge in [-0.2, -0.15) is 0 Å². The number of piperidine rings is 1. The monoisotopic (exact) mass is 302 g/mol. The highest BCUT2D eigenvalue weighted by Crippen LogP contribution is 2.21. The van der Waals surface area contributed by atoms with Gasteiger partial charge in [0.25, 0.3) is 0 Å². The zero-order valence-corrected chi connectivity index (χ0v) is 13.9. The molecule has 2 aliphatic rings. The van der Waals surface area contributed by atoms with Crippen LogP contribution in [0.3, 0.4) is 0 Å². The minimum atomic E-state index is 0.751. The summed E-state index contributed by atoms with van der Waals surface area (Å²) < 4.78 is 5.62. The van der Waals surface area contributed by atoms with Crippen LogP contribution in [0, 0.1) is 5.92 Å². The van der Waals surface area contributed by atoms with Crippen LogP contribution in [-0.4, -0.2) is 55.7 Å². The lowest BCUT2D eigenvalue weighted by atomic mass is 9.98. The maximum absolute atomic E-state index is 5.62. The molecule has 2 aliphatic heterocycles. The summed E-state index contributed by atoms with van der Waals surface area (Å²) in [4.78, 5) is 5.20. The molecule has 122 valence electrons. The van der Waals surface area contributed by atoms with E-state index in [1.165, 1.54) is 50.9 Å². The van der Waals surface area contributed by atoms with Crippen LogP contribution in [0.15, 0.2) is 30.3 Å². The second-order valence-corrected chi connectivity index (χ2v) is 7.02. The van der Waals surface area contributed by atoms with E-state index in [2.05, 4.69) is 47.2 Å². The van der Waals surface area contributed by atoms with Crippen molar-refractivity contribution < 1.29 is 4.74 Å². The molecule has 0 aliphatic carbocycles. The highest BCUT2D eigenvalue weighted by atomic mass is 16.5. The predicted molar refractivity (Wildman–Crippen MR) is 90.9 cm³/mol. The van der Waals surface area contributed by atoms with Gasteiger partial charge in [-0.15, -0.1) is 0 Å². The maximum Gasteiger partial charge on any atom is 0.0506 e. The molecule has 3 nitrogen and oxygen atoms in total. The molecule has 0 spiro atoms. The van der Waals surface area contributed by atoms with Crippen LogP contribution < -0.4 is 0 Å². The Balaban J connectivity index is 1.41. The maximum atomic E-state index is 5.62. The van der Waals surface area contributed by atoms with Crippen molar-refractivity contribution in [1.82, 2.24) is 9.80 Å². The summed E-state index contributed by atoms with van der Waals surface area (Å²) >= 11 is 0. The summed E-state index contributed by atoms with van der Waals surface area (Å²) in [5.41, 5.74) is 1.44. The quantitative estimate of drug-likeness (QED) is 0.831. The minimum Gasteiger partial charge on any atom is -0.381 e. The normalized spacial score (nSPS) is 24.7. The third-order valence-corrected chi connectivity index (χ3v) is 5.23. The third kappa shape index (κ3) is 4.55. The minimum absolute atomic E-state index is 0.751. The van der Waals surface area contributed by atoms with Crippen molar-refractivity contribution >= 4 is 0 Å². The van der Waals surface area contributed by atoms with E-state index in [9.17, 15) is 0 Å². The standard InChI is InChI=1S/C19H30N2O/c1-20(14-18-8-5-13-22-16-18)19-9-11-21(12-10-19)15-17-6-3-2-4-7-17/h2-4,6-7,18-19H,5,8-16H2,1H3. The Kier molecular flexibility index (Phi) is 5.88. The van der Waals surface area contributed by atoms with Gasteiger partial charge in [-0.3, -0.25) is 4.90 Å². The average molecular weight is 302 g/mol. The fourth-order valence-electron chi connectivity index (χ4n) is 3.87. The largest absolute Gasteiger partial charge is 0.381 e. The van der Waals surface area contributed by atoms with Crippen molar-refractivity contribution in [2.24, 2.45) is 5.92 Å². The molecule has 1 atom stereocenters. The summed E-state index contributed by atoms with van der Waals surface area (Å²) in [6.45, 7) is 6.71. The molecular weight excluding hydrogens is 272 g/mol. The lowest BCUT2D eigenvalue weighted by Crippen LogP contribution is -2.45. The van der Waals surface area contributed by atoms with Crippen LogP contribution >= 0.6 is 0 Å². The first-order chi connectivity index (χ1) is 10.8. The number of likely N-dealkylation sites (tertiary alicyclic amines) is 1. The first-order valence-electron chi connectivity index (χ1n) is 8.85. The Morgan fingerprint density at radius 1 is 1.14 bits per heavy atom. The average Bonchev–Trinajstić information content (AvgIpc) is 2.57. The molecule has 2 heterocycles. The fraction of sp³-hybridized carbons (Fsp3) is 0.684. The summed E-state index contributed by atoms with van der Waals surface area (Å²) in [5, 5.41) is 0. The van der Waals surface area contributed by atoms with E-state index in [1.54, 1.807) is 0 Å². The summed E-state index contributed by atoms with van der Waals surface area (Å²) in [7, 11) is 2.31. The molecule has 22 heavy (non-hydrogen) atoms. The van der Waals surface area contributed by atoms with Gasteiger partial charge in [0, 0.05) is 25.7 Å². The number of hydrogen-bond acceptors (Lipinski definition) is 3. The van der Waals surface area contributed by atoms with Gasteiger partial charge in [-0.1, -0.05) is 30.3 Å². The van der Waals surface area contributed by atoms with Gasteiger partial charge in [0.1, 0.15) is 0 Å². The Hall–Kier alpha value is -0.900. The molecule has 1 unspecified atom stereocenters. The highest BCUT2D eigenvalue weighted by molar-refractivity contribution is 5.14. The first kappa shape index (κ1) is 16.0. The fourth-order valence-corrected chi connectivity index (χ4v) is 3.87. The molecule has 0 aromatic heterocycles. The second-order valence-electron chi connectivity index (χ2n) is 7.02. The second kappa shape index (κ2) is 8.09. The van der Waals surface area contributed by atoms with Gasteiger partial charge in [0.15, 0.2) is 0 Å². The van der Waals surface area contributed by atoms with E-state index >= 15 is 0 Å². The van der Waals surface area contributed by atoms with Crippen molar-refractivity contribution in [3.05, 3.63) is 35.9 Å². The van der Waals surface area contributed by atoms with E-state index in [4.69, 9.17) is 4.74 Å². The van der Waals surface area contributed by atoms with E-state index in [1.807, 2.05) is 0 Å². The topological polar surface area (TPSA) is 15.7 Å². The molecule has 2 saturated heterocycles. The van der Waals surface area contributed by atoms with Crippen molar-refractivity contribution in [2.45, 2.75) is 38.3 Å². The number of nitrogens with zero attached hydrogens (tertiary/aromatic N) is 2. The zero-order chi connectivity index (χ0) is 15.2. The molecule has 0 N–H and O–H groups in total.